The number of aromatic nitrogens is 1. The van der Waals surface area contributed by atoms with Gasteiger partial charge in [0.1, 0.15) is 0 Å². The highest BCUT2D eigenvalue weighted by molar-refractivity contribution is 5.76. The Balaban J connectivity index is 2.95. The van der Waals surface area contributed by atoms with E-state index in [-0.39, 0.29) is 5.76 Å². The van der Waals surface area contributed by atoms with Gasteiger partial charge in [-0.3, -0.25) is 4.57 Å². The molecular formula is C9H10N2O2. The van der Waals surface area contributed by atoms with Gasteiger partial charge in [-0.15, -0.1) is 0 Å². The molecule has 0 atom stereocenters. The first-order valence-electron chi connectivity index (χ1n) is 4.01. The molecule has 0 fully saturated rings. The number of para-hydroxylation sites is 1. The Morgan fingerprint density at radius 1 is 1.54 bits per heavy atom. The molecule has 0 bridgehead atoms. The van der Waals surface area contributed by atoms with Crippen LogP contribution in [0.15, 0.2) is 27.4 Å². The molecule has 4 nitrogen and oxygen atoms in total. The maximum absolute atomic E-state index is 11.2. The van der Waals surface area contributed by atoms with E-state index >= 15 is 0 Å². The molecule has 1 heterocycles. The predicted molar refractivity (Wildman–Crippen MR) is 49.3 cm³/mol. The number of benzene rings is 1. The van der Waals surface area contributed by atoms with E-state index in [1.807, 2.05) is 12.1 Å². The number of oxazole rings is 1. The topological polar surface area (TPSA) is 61.2 Å². The van der Waals surface area contributed by atoms with E-state index in [9.17, 15) is 4.79 Å². The molecule has 4 heteroatoms. The van der Waals surface area contributed by atoms with Crippen molar-refractivity contribution in [2.75, 3.05) is 0 Å². The van der Waals surface area contributed by atoms with Crippen molar-refractivity contribution in [2.24, 2.45) is 12.8 Å². The Morgan fingerprint density at radius 3 is 3.00 bits per heavy atom. The molecule has 0 radical (unpaired) electrons. The average molecular weight is 178 g/mol. The van der Waals surface area contributed by atoms with Crippen LogP contribution in [-0.4, -0.2) is 4.57 Å². The lowest BCUT2D eigenvalue weighted by Crippen LogP contribution is -2.10. The van der Waals surface area contributed by atoms with Crippen molar-refractivity contribution >= 4 is 11.1 Å². The van der Waals surface area contributed by atoms with Crippen LogP contribution in [0.4, 0.5) is 0 Å². The zero-order valence-corrected chi connectivity index (χ0v) is 7.28. The summed E-state index contributed by atoms with van der Waals surface area (Å²) in [5.41, 5.74) is 7.84. The molecule has 2 aromatic rings. The monoisotopic (exact) mass is 178 g/mol. The molecule has 0 amide bonds. The van der Waals surface area contributed by atoms with Crippen LogP contribution in [0.25, 0.3) is 11.1 Å². The fourth-order valence-electron chi connectivity index (χ4n) is 1.45. The van der Waals surface area contributed by atoms with Crippen molar-refractivity contribution in [3.8, 4) is 0 Å². The Bertz CT molecular complexity index is 496. The summed E-state index contributed by atoms with van der Waals surface area (Å²) >= 11 is 0. The van der Waals surface area contributed by atoms with Crippen molar-refractivity contribution in [3.05, 3.63) is 34.3 Å². The Morgan fingerprint density at radius 2 is 2.31 bits per heavy atom. The van der Waals surface area contributed by atoms with Gasteiger partial charge in [-0.05, 0) is 11.6 Å². The Labute approximate surface area is 74.6 Å². The third kappa shape index (κ3) is 1.07. The van der Waals surface area contributed by atoms with Gasteiger partial charge in [0, 0.05) is 13.6 Å². The zero-order valence-electron chi connectivity index (χ0n) is 7.28. The van der Waals surface area contributed by atoms with E-state index in [0.29, 0.717) is 12.1 Å². The Kier molecular flexibility index (Phi) is 1.70. The molecule has 2 N–H and O–H groups in total. The van der Waals surface area contributed by atoms with Crippen LogP contribution in [-0.2, 0) is 13.6 Å². The Hall–Kier alpha value is -1.55. The minimum atomic E-state index is -0.351. The van der Waals surface area contributed by atoms with Crippen LogP contribution >= 0.6 is 0 Å². The minimum Gasteiger partial charge on any atom is -0.408 e. The molecule has 0 aliphatic carbocycles. The first-order chi connectivity index (χ1) is 6.24. The quantitative estimate of drug-likeness (QED) is 0.695. The molecule has 0 aliphatic heterocycles. The average Bonchev–Trinajstić information content (AvgIpc) is 2.43. The number of hydrogen-bond donors (Lipinski definition) is 1. The second-order valence-corrected chi connectivity index (χ2v) is 2.89. The predicted octanol–water partition coefficient (Wildman–Crippen LogP) is 0.590. The first-order valence-corrected chi connectivity index (χ1v) is 4.01. The lowest BCUT2D eigenvalue weighted by molar-refractivity contribution is 0.528. The number of nitrogens with zero attached hydrogens (tertiary/aromatic N) is 1. The van der Waals surface area contributed by atoms with Gasteiger partial charge in [-0.2, -0.15) is 0 Å². The molecule has 1 aromatic heterocycles. The van der Waals surface area contributed by atoms with E-state index in [1.165, 1.54) is 4.57 Å². The van der Waals surface area contributed by atoms with Gasteiger partial charge in [0.05, 0.1) is 5.52 Å². The third-order valence-corrected chi connectivity index (χ3v) is 2.11. The number of fused-ring (bicyclic) bond motifs is 1. The molecular weight excluding hydrogens is 168 g/mol. The van der Waals surface area contributed by atoms with Crippen LogP contribution in [0.5, 0.6) is 0 Å². The molecule has 13 heavy (non-hydrogen) atoms. The maximum atomic E-state index is 11.2. The van der Waals surface area contributed by atoms with Crippen LogP contribution in [0.2, 0.25) is 0 Å². The second-order valence-electron chi connectivity index (χ2n) is 2.89. The third-order valence-electron chi connectivity index (χ3n) is 2.11. The van der Waals surface area contributed by atoms with Crippen LogP contribution < -0.4 is 11.5 Å². The van der Waals surface area contributed by atoms with E-state index in [1.54, 1.807) is 13.1 Å². The van der Waals surface area contributed by atoms with Crippen LogP contribution in [0.3, 0.4) is 0 Å². The molecule has 0 saturated carbocycles. The smallest absolute Gasteiger partial charge is 0.408 e. The molecule has 0 saturated heterocycles. The van der Waals surface area contributed by atoms with Crippen LogP contribution in [0.1, 0.15) is 5.56 Å². The minimum absolute atomic E-state index is 0.351. The van der Waals surface area contributed by atoms with Gasteiger partial charge >= 0.3 is 5.76 Å². The summed E-state index contributed by atoms with van der Waals surface area (Å²) in [5.74, 6) is -0.351. The summed E-state index contributed by atoms with van der Waals surface area (Å²) in [5, 5.41) is 0. The van der Waals surface area contributed by atoms with Gasteiger partial charge in [0.2, 0.25) is 0 Å². The molecule has 0 spiro atoms. The van der Waals surface area contributed by atoms with Crippen molar-refractivity contribution in [1.29, 1.82) is 0 Å². The summed E-state index contributed by atoms with van der Waals surface area (Å²) in [7, 11) is 1.67. The van der Waals surface area contributed by atoms with Gasteiger partial charge in [-0.1, -0.05) is 12.1 Å². The summed E-state index contributed by atoms with van der Waals surface area (Å²) in [6.07, 6.45) is 0. The molecule has 0 unspecified atom stereocenters. The highest BCUT2D eigenvalue weighted by Crippen LogP contribution is 2.15. The fourth-order valence-corrected chi connectivity index (χ4v) is 1.45. The van der Waals surface area contributed by atoms with Gasteiger partial charge < -0.3 is 10.2 Å². The molecule has 1 aromatic carbocycles. The van der Waals surface area contributed by atoms with Gasteiger partial charge in [0.25, 0.3) is 0 Å². The molecule has 2 rings (SSSR count). The number of hydrogen-bond acceptors (Lipinski definition) is 3. The van der Waals surface area contributed by atoms with Gasteiger partial charge in [-0.25, -0.2) is 4.79 Å². The molecule has 0 aliphatic rings. The highest BCUT2D eigenvalue weighted by Gasteiger charge is 2.08. The first kappa shape index (κ1) is 8.07. The summed E-state index contributed by atoms with van der Waals surface area (Å²) in [4.78, 5) is 11.2. The lowest BCUT2D eigenvalue weighted by atomic mass is 10.2. The fraction of sp³-hybridized carbons (Fsp3) is 0.222. The molecule has 68 valence electrons. The van der Waals surface area contributed by atoms with Crippen molar-refractivity contribution < 1.29 is 4.42 Å². The van der Waals surface area contributed by atoms with E-state index in [2.05, 4.69) is 0 Å². The SMILES string of the molecule is Cn1c(=O)oc2cccc(CN)c21. The zero-order chi connectivity index (χ0) is 9.42. The number of rotatable bonds is 1. The van der Waals surface area contributed by atoms with E-state index in [4.69, 9.17) is 10.2 Å². The van der Waals surface area contributed by atoms with E-state index < -0.39 is 0 Å². The van der Waals surface area contributed by atoms with Crippen molar-refractivity contribution in [1.82, 2.24) is 4.57 Å². The van der Waals surface area contributed by atoms with Gasteiger partial charge in [0.15, 0.2) is 5.58 Å². The summed E-state index contributed by atoms with van der Waals surface area (Å²) in [6.45, 7) is 0.407. The van der Waals surface area contributed by atoms with Crippen molar-refractivity contribution in [2.45, 2.75) is 6.54 Å². The number of aryl methyl sites for hydroxylation is 1. The highest BCUT2D eigenvalue weighted by atomic mass is 16.4. The normalized spacial score (nSPS) is 10.9. The summed E-state index contributed by atoms with van der Waals surface area (Å²) < 4.78 is 6.46. The standard InChI is InChI=1S/C9H10N2O2/c1-11-8-6(5-10)3-2-4-7(8)13-9(11)12/h2-4H,5,10H2,1H3. The van der Waals surface area contributed by atoms with Crippen molar-refractivity contribution in [3.63, 3.8) is 0 Å². The van der Waals surface area contributed by atoms with E-state index in [0.717, 1.165) is 11.1 Å². The largest absolute Gasteiger partial charge is 0.419 e. The second kappa shape index (κ2) is 2.74. The maximum Gasteiger partial charge on any atom is 0.419 e. The number of nitrogens with two attached hydrogens (primary N) is 1. The lowest BCUT2D eigenvalue weighted by Gasteiger charge is -1.98. The summed E-state index contributed by atoms with van der Waals surface area (Å²) in [6, 6.07) is 5.47. The van der Waals surface area contributed by atoms with Crippen LogP contribution in [0, 0.1) is 0 Å².